The smallest absolute Gasteiger partial charge is 0.346 e. The van der Waals surface area contributed by atoms with Gasteiger partial charge in [0.1, 0.15) is 11.9 Å². The molecule has 1 atom stereocenters. The lowest BCUT2D eigenvalue weighted by Gasteiger charge is -2.20. The Morgan fingerprint density at radius 1 is 1.71 bits per heavy atom. The maximum Gasteiger partial charge on any atom is 0.346 e. The normalized spacial score (nSPS) is 21.5. The zero-order valence-corrected chi connectivity index (χ0v) is 8.49. The van der Waals surface area contributed by atoms with E-state index in [0.717, 1.165) is 4.88 Å². The zero-order chi connectivity index (χ0) is 10.1. The fraction of sp³-hybridized carbons (Fsp3) is 0.375. The van der Waals surface area contributed by atoms with E-state index < -0.39 is 0 Å². The molecule has 14 heavy (non-hydrogen) atoms. The molecular weight excluding hydrogens is 200 g/mol. The summed E-state index contributed by atoms with van der Waals surface area (Å²) in [7, 11) is 0. The van der Waals surface area contributed by atoms with Crippen molar-refractivity contribution >= 4 is 23.2 Å². The Bertz CT molecular complexity index is 373. The van der Waals surface area contributed by atoms with Gasteiger partial charge < -0.3 is 10.6 Å². The van der Waals surface area contributed by atoms with Crippen LogP contribution in [0.25, 0.3) is 0 Å². The second kappa shape index (κ2) is 3.38. The molecule has 0 fully saturated rings. The lowest BCUT2D eigenvalue weighted by atomic mass is 10.2. The van der Waals surface area contributed by atoms with Crippen molar-refractivity contribution in [2.24, 2.45) is 10.7 Å². The van der Waals surface area contributed by atoms with Crippen LogP contribution in [0.15, 0.2) is 16.7 Å². The molecule has 2 amide bonds. The van der Waals surface area contributed by atoms with Gasteiger partial charge in [-0.15, -0.1) is 11.3 Å². The summed E-state index contributed by atoms with van der Waals surface area (Å²) >= 11 is 1.48. The van der Waals surface area contributed by atoms with E-state index in [2.05, 4.69) is 9.98 Å². The van der Waals surface area contributed by atoms with Crippen molar-refractivity contribution < 1.29 is 4.79 Å². The molecule has 1 aromatic rings. The van der Waals surface area contributed by atoms with Crippen LogP contribution in [0.3, 0.4) is 0 Å². The Morgan fingerprint density at radius 2 is 2.50 bits per heavy atom. The molecule has 2 N–H and O–H groups in total. The number of hydrogen-bond donors (Lipinski definition) is 1. The third kappa shape index (κ3) is 1.27. The Kier molecular flexibility index (Phi) is 2.20. The number of aromatic nitrogens is 1. The van der Waals surface area contributed by atoms with E-state index in [9.17, 15) is 4.79 Å². The van der Waals surface area contributed by atoms with Crippen molar-refractivity contribution in [3.63, 3.8) is 0 Å². The van der Waals surface area contributed by atoms with Crippen molar-refractivity contribution in [1.82, 2.24) is 9.88 Å². The molecule has 0 aromatic carbocycles. The number of aliphatic imine (C=N–C) groups is 1. The molecule has 1 aromatic heterocycles. The molecule has 2 heterocycles. The van der Waals surface area contributed by atoms with Crippen molar-refractivity contribution in [2.75, 3.05) is 6.54 Å². The summed E-state index contributed by atoms with van der Waals surface area (Å²) < 4.78 is 0. The molecule has 0 bridgehead atoms. The van der Waals surface area contributed by atoms with Gasteiger partial charge in [-0.3, -0.25) is 4.98 Å². The number of amides is 2. The van der Waals surface area contributed by atoms with Crippen molar-refractivity contribution in [3.8, 4) is 0 Å². The standard InChI is InChI=1S/C8H10N4OS/c1-2-12-6(5-3-10-4-14-5)7(9)11-8(12)13/h3-4,6H,2H2,1H3,(H2,9,11,13). The first-order chi connectivity index (χ1) is 6.74. The van der Waals surface area contributed by atoms with Crippen LogP contribution in [-0.2, 0) is 0 Å². The van der Waals surface area contributed by atoms with Gasteiger partial charge in [0.05, 0.1) is 10.4 Å². The van der Waals surface area contributed by atoms with Crippen LogP contribution in [0, 0.1) is 0 Å². The molecule has 1 aliphatic heterocycles. The maximum atomic E-state index is 11.4. The van der Waals surface area contributed by atoms with Crippen LogP contribution in [0.4, 0.5) is 4.79 Å². The number of amidine groups is 1. The second-order valence-corrected chi connectivity index (χ2v) is 3.83. The molecule has 74 valence electrons. The van der Waals surface area contributed by atoms with Gasteiger partial charge in [-0.1, -0.05) is 0 Å². The van der Waals surface area contributed by atoms with Crippen LogP contribution in [0.5, 0.6) is 0 Å². The summed E-state index contributed by atoms with van der Waals surface area (Å²) in [5, 5.41) is 0. The molecule has 0 radical (unpaired) electrons. The maximum absolute atomic E-state index is 11.4. The Balaban J connectivity index is 2.34. The van der Waals surface area contributed by atoms with Gasteiger partial charge in [-0.05, 0) is 6.92 Å². The molecule has 2 rings (SSSR count). The largest absolute Gasteiger partial charge is 0.385 e. The van der Waals surface area contributed by atoms with Crippen LogP contribution in [0.2, 0.25) is 0 Å². The van der Waals surface area contributed by atoms with E-state index in [1.807, 2.05) is 6.92 Å². The molecule has 6 heteroatoms. The summed E-state index contributed by atoms with van der Waals surface area (Å²) in [6, 6.07) is -0.469. The molecule has 0 aliphatic carbocycles. The van der Waals surface area contributed by atoms with Gasteiger partial charge in [-0.2, -0.15) is 4.99 Å². The van der Waals surface area contributed by atoms with Crippen LogP contribution >= 0.6 is 11.3 Å². The van der Waals surface area contributed by atoms with E-state index in [1.165, 1.54) is 11.3 Å². The summed E-state index contributed by atoms with van der Waals surface area (Å²) in [6.45, 7) is 2.51. The number of rotatable bonds is 2. The van der Waals surface area contributed by atoms with Gasteiger partial charge >= 0.3 is 6.03 Å². The van der Waals surface area contributed by atoms with Gasteiger partial charge in [0, 0.05) is 12.7 Å². The number of urea groups is 1. The number of hydrogen-bond acceptors (Lipinski definition) is 4. The van der Waals surface area contributed by atoms with Gasteiger partial charge in [0.25, 0.3) is 0 Å². The molecule has 0 spiro atoms. The molecule has 0 saturated heterocycles. The lowest BCUT2D eigenvalue weighted by molar-refractivity contribution is 0.210. The highest BCUT2D eigenvalue weighted by molar-refractivity contribution is 7.09. The van der Waals surface area contributed by atoms with Crippen molar-refractivity contribution in [2.45, 2.75) is 13.0 Å². The van der Waals surface area contributed by atoms with Crippen molar-refractivity contribution in [1.29, 1.82) is 0 Å². The summed E-state index contributed by atoms with van der Waals surface area (Å²) in [5.74, 6) is 0.362. The number of carbonyl (C=O) groups is 1. The highest BCUT2D eigenvalue weighted by Gasteiger charge is 2.34. The average Bonchev–Trinajstić information content (AvgIpc) is 2.72. The summed E-state index contributed by atoms with van der Waals surface area (Å²) in [5.41, 5.74) is 7.41. The van der Waals surface area contributed by atoms with Gasteiger partial charge in [0.15, 0.2) is 0 Å². The number of carbonyl (C=O) groups excluding carboxylic acids is 1. The monoisotopic (exact) mass is 210 g/mol. The SMILES string of the molecule is CCN1C(=O)N=C(N)C1c1cncs1. The van der Waals surface area contributed by atoms with E-state index in [1.54, 1.807) is 16.6 Å². The molecule has 1 aliphatic rings. The van der Waals surface area contributed by atoms with Crippen LogP contribution in [0.1, 0.15) is 17.8 Å². The zero-order valence-electron chi connectivity index (χ0n) is 7.67. The summed E-state index contributed by atoms with van der Waals surface area (Å²) in [6.07, 6.45) is 1.72. The minimum Gasteiger partial charge on any atom is -0.385 e. The first-order valence-electron chi connectivity index (χ1n) is 4.27. The molecular formula is C8H10N4OS. The van der Waals surface area contributed by atoms with Gasteiger partial charge in [-0.25, -0.2) is 4.79 Å². The van der Waals surface area contributed by atoms with E-state index in [-0.39, 0.29) is 12.1 Å². The quantitative estimate of drug-likeness (QED) is 0.791. The minimum atomic E-state index is -0.261. The van der Waals surface area contributed by atoms with Crippen LogP contribution in [-0.4, -0.2) is 28.3 Å². The fourth-order valence-corrected chi connectivity index (χ4v) is 2.23. The number of likely N-dealkylation sites (N-methyl/N-ethyl adjacent to an activating group) is 1. The highest BCUT2D eigenvalue weighted by Crippen LogP contribution is 2.28. The third-order valence-corrected chi connectivity index (χ3v) is 2.95. The average molecular weight is 210 g/mol. The first-order valence-corrected chi connectivity index (χ1v) is 5.15. The Hall–Kier alpha value is -1.43. The Morgan fingerprint density at radius 3 is 3.07 bits per heavy atom. The predicted molar refractivity (Wildman–Crippen MR) is 54.3 cm³/mol. The van der Waals surface area contributed by atoms with Crippen LogP contribution < -0.4 is 5.73 Å². The summed E-state index contributed by atoms with van der Waals surface area (Å²) in [4.78, 5) is 21.7. The van der Waals surface area contributed by atoms with Gasteiger partial charge in [0.2, 0.25) is 0 Å². The van der Waals surface area contributed by atoms with E-state index >= 15 is 0 Å². The second-order valence-electron chi connectivity index (χ2n) is 2.91. The number of thiazole rings is 1. The molecule has 1 unspecified atom stereocenters. The number of nitrogens with two attached hydrogens (primary N) is 1. The van der Waals surface area contributed by atoms with E-state index in [0.29, 0.717) is 12.4 Å². The molecule has 0 saturated carbocycles. The highest BCUT2D eigenvalue weighted by atomic mass is 32.1. The number of nitrogens with zero attached hydrogens (tertiary/aromatic N) is 3. The van der Waals surface area contributed by atoms with E-state index in [4.69, 9.17) is 5.73 Å². The first kappa shape index (κ1) is 9.14. The topological polar surface area (TPSA) is 71.6 Å². The lowest BCUT2D eigenvalue weighted by Crippen LogP contribution is -2.32. The Labute approximate surface area is 85.3 Å². The minimum absolute atomic E-state index is 0.208. The molecule has 5 nitrogen and oxygen atoms in total. The predicted octanol–water partition coefficient (Wildman–Crippen LogP) is 0.997. The third-order valence-electron chi connectivity index (χ3n) is 2.12. The fourth-order valence-electron chi connectivity index (χ4n) is 1.48. The van der Waals surface area contributed by atoms with Crippen molar-refractivity contribution in [3.05, 3.63) is 16.6 Å².